The van der Waals surface area contributed by atoms with Crippen molar-refractivity contribution in [3.8, 4) is 0 Å². The van der Waals surface area contributed by atoms with E-state index in [1.807, 2.05) is 12.1 Å². The lowest BCUT2D eigenvalue weighted by Gasteiger charge is -2.17. The molecule has 1 fully saturated rings. The average molecular weight is 352 g/mol. The molecule has 0 aromatic heterocycles. The third kappa shape index (κ3) is 2.84. The Labute approximate surface area is 132 Å². The summed E-state index contributed by atoms with van der Waals surface area (Å²) < 4.78 is 1.10. The second-order valence-electron chi connectivity index (χ2n) is 5.95. The van der Waals surface area contributed by atoms with E-state index >= 15 is 0 Å². The first-order chi connectivity index (χ1) is 10.1. The van der Waals surface area contributed by atoms with Crippen LogP contribution in [0.2, 0.25) is 0 Å². The molecule has 3 atom stereocenters. The maximum atomic E-state index is 12.3. The fourth-order valence-corrected chi connectivity index (χ4v) is 4.07. The highest BCUT2D eigenvalue weighted by molar-refractivity contribution is 9.10. The van der Waals surface area contributed by atoms with Gasteiger partial charge in [-0.1, -0.05) is 28.1 Å². The normalized spacial score (nSPS) is 27.4. The molecular formula is C16H18BrNO3. The van der Waals surface area contributed by atoms with Gasteiger partial charge in [0.05, 0.1) is 12.0 Å². The number of carboxylic acids is 1. The van der Waals surface area contributed by atoms with E-state index in [1.54, 1.807) is 0 Å². The Hall–Kier alpha value is -1.36. The van der Waals surface area contributed by atoms with E-state index in [0.29, 0.717) is 19.3 Å². The average Bonchev–Trinajstić information content (AvgIpc) is 3.07. The molecule has 2 N–H and O–H groups in total. The predicted octanol–water partition coefficient (Wildman–Crippen LogP) is 3.05. The summed E-state index contributed by atoms with van der Waals surface area (Å²) in [5, 5.41) is 12.1. The van der Waals surface area contributed by atoms with E-state index in [1.165, 1.54) is 11.1 Å². The molecular weight excluding hydrogens is 334 g/mol. The number of fused-ring (bicyclic) bond motifs is 1. The maximum absolute atomic E-state index is 12.3. The largest absolute Gasteiger partial charge is 0.481 e. The van der Waals surface area contributed by atoms with Gasteiger partial charge in [0, 0.05) is 10.4 Å². The number of benzene rings is 1. The van der Waals surface area contributed by atoms with Crippen LogP contribution in [0.15, 0.2) is 22.7 Å². The highest BCUT2D eigenvalue weighted by Gasteiger charge is 2.35. The van der Waals surface area contributed by atoms with Crippen molar-refractivity contribution in [2.24, 2.45) is 11.8 Å². The Morgan fingerprint density at radius 2 is 1.95 bits per heavy atom. The number of hydrogen-bond donors (Lipinski definition) is 2. The highest BCUT2D eigenvalue weighted by atomic mass is 79.9. The number of carbonyl (C=O) groups excluding carboxylic acids is 1. The third-order valence-electron chi connectivity index (χ3n) is 4.68. The Balaban J connectivity index is 1.65. The van der Waals surface area contributed by atoms with Crippen molar-refractivity contribution in [3.05, 3.63) is 33.8 Å². The topological polar surface area (TPSA) is 66.4 Å². The zero-order valence-electron chi connectivity index (χ0n) is 11.6. The Morgan fingerprint density at radius 3 is 2.67 bits per heavy atom. The van der Waals surface area contributed by atoms with Crippen LogP contribution >= 0.6 is 15.9 Å². The van der Waals surface area contributed by atoms with Crippen molar-refractivity contribution in [3.63, 3.8) is 0 Å². The standard InChI is InChI=1S/C16H18BrNO3/c17-13-3-1-2-12-11(13)6-7-14(12)18-15(19)9-4-5-10(8-9)16(20)21/h1-3,9-10,14H,4-8H2,(H,18,19)(H,20,21)/t9-,10+,14?/m0/s1. The first-order valence-electron chi connectivity index (χ1n) is 7.36. The smallest absolute Gasteiger partial charge is 0.306 e. The lowest BCUT2D eigenvalue weighted by molar-refractivity contribution is -0.141. The van der Waals surface area contributed by atoms with E-state index in [2.05, 4.69) is 27.3 Å². The number of nitrogens with one attached hydrogen (secondary N) is 1. The summed E-state index contributed by atoms with van der Waals surface area (Å²) in [5.74, 6) is -1.27. The summed E-state index contributed by atoms with van der Waals surface area (Å²) in [6, 6.07) is 6.14. The van der Waals surface area contributed by atoms with Gasteiger partial charge in [0.15, 0.2) is 0 Å². The molecule has 0 heterocycles. The van der Waals surface area contributed by atoms with Gasteiger partial charge in [-0.05, 0) is 49.3 Å². The quantitative estimate of drug-likeness (QED) is 0.879. The van der Waals surface area contributed by atoms with Crippen LogP contribution in [0.4, 0.5) is 0 Å². The molecule has 2 aliphatic carbocycles. The molecule has 0 aliphatic heterocycles. The summed E-state index contributed by atoms with van der Waals surface area (Å²) in [6.07, 6.45) is 3.64. The van der Waals surface area contributed by atoms with Gasteiger partial charge in [0.2, 0.25) is 5.91 Å². The minimum atomic E-state index is -0.777. The van der Waals surface area contributed by atoms with Gasteiger partial charge < -0.3 is 10.4 Å². The van der Waals surface area contributed by atoms with Crippen molar-refractivity contribution in [1.29, 1.82) is 0 Å². The minimum absolute atomic E-state index is 0.0107. The molecule has 0 bridgehead atoms. The second kappa shape index (κ2) is 5.79. The van der Waals surface area contributed by atoms with E-state index in [0.717, 1.165) is 17.3 Å². The van der Waals surface area contributed by atoms with Gasteiger partial charge in [0.25, 0.3) is 0 Å². The lowest BCUT2D eigenvalue weighted by Crippen LogP contribution is -2.32. The zero-order chi connectivity index (χ0) is 15.0. The van der Waals surface area contributed by atoms with Crippen LogP contribution in [-0.4, -0.2) is 17.0 Å². The molecule has 1 amide bonds. The highest BCUT2D eigenvalue weighted by Crippen LogP contribution is 2.37. The van der Waals surface area contributed by atoms with Crippen LogP contribution in [0.5, 0.6) is 0 Å². The lowest BCUT2D eigenvalue weighted by atomic mass is 10.0. The van der Waals surface area contributed by atoms with Crippen LogP contribution in [0.3, 0.4) is 0 Å². The fourth-order valence-electron chi connectivity index (χ4n) is 3.49. The Bertz CT molecular complexity index is 587. The Morgan fingerprint density at radius 1 is 1.19 bits per heavy atom. The van der Waals surface area contributed by atoms with Crippen molar-refractivity contribution >= 4 is 27.8 Å². The first-order valence-corrected chi connectivity index (χ1v) is 8.16. The van der Waals surface area contributed by atoms with Gasteiger partial charge in [-0.2, -0.15) is 0 Å². The maximum Gasteiger partial charge on any atom is 0.306 e. The SMILES string of the molecule is O=C(O)[C@@H]1CC[C@H](C(=O)NC2CCc3c(Br)cccc32)C1. The van der Waals surface area contributed by atoms with Crippen LogP contribution < -0.4 is 5.32 Å². The summed E-state index contributed by atoms with van der Waals surface area (Å²) in [4.78, 5) is 23.3. The molecule has 112 valence electrons. The summed E-state index contributed by atoms with van der Waals surface area (Å²) in [7, 11) is 0. The van der Waals surface area contributed by atoms with Crippen LogP contribution in [-0.2, 0) is 16.0 Å². The van der Waals surface area contributed by atoms with Gasteiger partial charge in [-0.3, -0.25) is 9.59 Å². The molecule has 1 aromatic rings. The van der Waals surface area contributed by atoms with Crippen LogP contribution in [0.25, 0.3) is 0 Å². The van der Waals surface area contributed by atoms with Crippen molar-refractivity contribution < 1.29 is 14.7 Å². The molecule has 1 unspecified atom stereocenters. The van der Waals surface area contributed by atoms with E-state index < -0.39 is 5.97 Å². The monoisotopic (exact) mass is 351 g/mol. The molecule has 21 heavy (non-hydrogen) atoms. The fraction of sp³-hybridized carbons (Fsp3) is 0.500. The van der Waals surface area contributed by atoms with Crippen LogP contribution in [0.1, 0.15) is 42.9 Å². The summed E-state index contributed by atoms with van der Waals surface area (Å²) in [6.45, 7) is 0. The van der Waals surface area contributed by atoms with Gasteiger partial charge >= 0.3 is 5.97 Å². The van der Waals surface area contributed by atoms with E-state index in [-0.39, 0.29) is 23.8 Å². The van der Waals surface area contributed by atoms with Crippen molar-refractivity contribution in [1.82, 2.24) is 5.32 Å². The molecule has 4 nitrogen and oxygen atoms in total. The molecule has 5 heteroatoms. The predicted molar refractivity (Wildman–Crippen MR) is 81.8 cm³/mol. The molecule has 0 radical (unpaired) electrons. The number of aliphatic carboxylic acids is 1. The summed E-state index contributed by atoms with van der Waals surface area (Å²) in [5.41, 5.74) is 2.46. The molecule has 1 aromatic carbocycles. The van der Waals surface area contributed by atoms with Gasteiger partial charge in [-0.15, -0.1) is 0 Å². The van der Waals surface area contributed by atoms with Crippen molar-refractivity contribution in [2.45, 2.75) is 38.1 Å². The molecule has 3 rings (SSSR count). The van der Waals surface area contributed by atoms with E-state index in [4.69, 9.17) is 5.11 Å². The zero-order valence-corrected chi connectivity index (χ0v) is 13.2. The van der Waals surface area contributed by atoms with E-state index in [9.17, 15) is 9.59 Å². The number of rotatable bonds is 3. The molecule has 0 saturated heterocycles. The van der Waals surface area contributed by atoms with Crippen molar-refractivity contribution in [2.75, 3.05) is 0 Å². The van der Waals surface area contributed by atoms with Gasteiger partial charge in [-0.25, -0.2) is 0 Å². The number of carboxylic acid groups (broad SMARTS) is 1. The number of hydrogen-bond acceptors (Lipinski definition) is 2. The number of halogens is 1. The molecule has 2 aliphatic rings. The third-order valence-corrected chi connectivity index (χ3v) is 5.43. The minimum Gasteiger partial charge on any atom is -0.481 e. The first kappa shape index (κ1) is 14.6. The molecule has 1 saturated carbocycles. The number of carbonyl (C=O) groups is 2. The molecule has 0 spiro atoms. The van der Waals surface area contributed by atoms with Crippen LogP contribution in [0, 0.1) is 11.8 Å². The number of amides is 1. The second-order valence-corrected chi connectivity index (χ2v) is 6.81. The Kier molecular flexibility index (Phi) is 4.02. The van der Waals surface area contributed by atoms with Gasteiger partial charge in [0.1, 0.15) is 0 Å². The summed E-state index contributed by atoms with van der Waals surface area (Å²) >= 11 is 3.55.